The molecule has 2 saturated heterocycles. The number of fused-ring (bicyclic) bond motifs is 1. The second kappa shape index (κ2) is 11.3. The summed E-state index contributed by atoms with van der Waals surface area (Å²) in [6.45, 7) is 4.39. The summed E-state index contributed by atoms with van der Waals surface area (Å²) in [5.41, 5.74) is 5.43. The van der Waals surface area contributed by atoms with Gasteiger partial charge in [0.1, 0.15) is 18.4 Å². The maximum Gasteiger partial charge on any atom is 0.255 e. The van der Waals surface area contributed by atoms with Gasteiger partial charge in [-0.2, -0.15) is 0 Å². The van der Waals surface area contributed by atoms with Crippen LogP contribution in [0, 0.1) is 0 Å². The van der Waals surface area contributed by atoms with Gasteiger partial charge in [-0.05, 0) is 72.7 Å². The molecule has 6 rings (SSSR count). The van der Waals surface area contributed by atoms with Crippen LogP contribution in [-0.4, -0.2) is 66.0 Å². The van der Waals surface area contributed by atoms with Gasteiger partial charge >= 0.3 is 0 Å². The number of hydrogen-bond donors (Lipinski definition) is 1. The Hall–Kier alpha value is -3.49. The maximum atomic E-state index is 13.0. The predicted molar refractivity (Wildman–Crippen MR) is 146 cm³/mol. The Balaban J connectivity index is 1.07. The van der Waals surface area contributed by atoms with Crippen LogP contribution >= 0.6 is 0 Å². The number of rotatable bonds is 7. The van der Waals surface area contributed by atoms with E-state index in [-0.39, 0.29) is 18.2 Å². The van der Waals surface area contributed by atoms with E-state index >= 15 is 0 Å². The van der Waals surface area contributed by atoms with Crippen molar-refractivity contribution in [3.63, 3.8) is 0 Å². The summed E-state index contributed by atoms with van der Waals surface area (Å²) in [6.07, 6.45) is 7.24. The van der Waals surface area contributed by atoms with Gasteiger partial charge in [-0.1, -0.05) is 36.8 Å². The number of nitrogens with one attached hydrogen (secondary N) is 1. The summed E-state index contributed by atoms with van der Waals surface area (Å²) in [7, 11) is 0. The van der Waals surface area contributed by atoms with Crippen LogP contribution in [0.3, 0.4) is 0 Å². The van der Waals surface area contributed by atoms with Gasteiger partial charge in [0, 0.05) is 31.1 Å². The Labute approximate surface area is 228 Å². The smallest absolute Gasteiger partial charge is 0.255 e. The van der Waals surface area contributed by atoms with Gasteiger partial charge in [0.15, 0.2) is 0 Å². The monoisotopic (exact) mass is 529 g/mol. The molecule has 4 heterocycles. The first kappa shape index (κ1) is 25.8. The van der Waals surface area contributed by atoms with Crippen molar-refractivity contribution in [2.24, 2.45) is 0 Å². The molecule has 39 heavy (non-hydrogen) atoms. The zero-order chi connectivity index (χ0) is 26.8. The Kier molecular flexibility index (Phi) is 7.48. The van der Waals surface area contributed by atoms with Crippen molar-refractivity contribution in [2.45, 2.75) is 63.7 Å². The predicted octanol–water partition coefficient (Wildman–Crippen LogP) is 3.68. The molecule has 4 aliphatic rings. The second-order valence-electron chi connectivity index (χ2n) is 10.9. The molecule has 0 aliphatic carbocycles. The fourth-order valence-corrected chi connectivity index (χ4v) is 6.14. The molecule has 0 aromatic heterocycles. The summed E-state index contributed by atoms with van der Waals surface area (Å²) in [4.78, 5) is 40.9. The normalized spacial score (nSPS) is 23.8. The number of nitrogens with zero attached hydrogens (tertiary/aromatic N) is 2. The summed E-state index contributed by atoms with van der Waals surface area (Å²) < 4.78 is 11.7. The van der Waals surface area contributed by atoms with E-state index in [1.165, 1.54) is 29.5 Å². The zero-order valence-corrected chi connectivity index (χ0v) is 22.2. The molecule has 2 aromatic rings. The standard InChI is InChI=1S/C31H35N3O5/c35-29-11-10-28(30(36)32-29)34-19-24-17-26(8-9-27(24)31(34)37)39-20-25-3-1-2-14-33(25)18-21-4-6-22(7-5-21)23-12-15-38-16-13-23/h4-9,12,17,25,28H,1-3,10-11,13-16,18-20H2,(H,32,35,36)/t25-,28?/m1/s1. The highest BCUT2D eigenvalue weighted by Gasteiger charge is 2.39. The summed E-state index contributed by atoms with van der Waals surface area (Å²) in [6, 6.07) is 14.2. The highest BCUT2D eigenvalue weighted by atomic mass is 16.5. The van der Waals surface area contributed by atoms with Crippen molar-refractivity contribution in [1.29, 1.82) is 0 Å². The van der Waals surface area contributed by atoms with Crippen molar-refractivity contribution in [3.8, 4) is 5.75 Å². The molecule has 204 valence electrons. The first-order valence-corrected chi connectivity index (χ1v) is 14.1. The molecular weight excluding hydrogens is 494 g/mol. The van der Waals surface area contributed by atoms with E-state index in [1.807, 2.05) is 12.1 Å². The third-order valence-electron chi connectivity index (χ3n) is 8.36. The lowest BCUT2D eigenvalue weighted by Crippen LogP contribution is -2.52. The SMILES string of the molecule is O=C1CCC(N2Cc3cc(OC[C@H]4CCCCN4Cc4ccc(C5=CCOCC5)cc4)ccc3C2=O)C(=O)N1. The molecule has 0 saturated carbocycles. The Morgan fingerprint density at radius 2 is 1.87 bits per heavy atom. The highest BCUT2D eigenvalue weighted by Crippen LogP contribution is 2.31. The van der Waals surface area contributed by atoms with Crippen molar-refractivity contribution in [1.82, 2.24) is 15.1 Å². The fourth-order valence-electron chi connectivity index (χ4n) is 6.14. The molecule has 8 nitrogen and oxygen atoms in total. The van der Waals surface area contributed by atoms with Crippen LogP contribution in [0.4, 0.5) is 0 Å². The molecule has 8 heteroatoms. The van der Waals surface area contributed by atoms with Gasteiger partial charge in [0.05, 0.1) is 13.2 Å². The minimum Gasteiger partial charge on any atom is -0.492 e. The number of carbonyl (C=O) groups excluding carboxylic acids is 3. The topological polar surface area (TPSA) is 88.2 Å². The van der Waals surface area contributed by atoms with E-state index < -0.39 is 11.9 Å². The largest absolute Gasteiger partial charge is 0.492 e. The number of amides is 3. The highest BCUT2D eigenvalue weighted by molar-refractivity contribution is 6.05. The number of hydrogen-bond acceptors (Lipinski definition) is 6. The third kappa shape index (κ3) is 5.63. The first-order chi connectivity index (χ1) is 19.0. The fraction of sp³-hybridized carbons (Fsp3) is 0.452. The van der Waals surface area contributed by atoms with E-state index in [9.17, 15) is 14.4 Å². The minimum atomic E-state index is -0.606. The molecule has 2 atom stereocenters. The third-order valence-corrected chi connectivity index (χ3v) is 8.36. The Morgan fingerprint density at radius 1 is 1.00 bits per heavy atom. The van der Waals surface area contributed by atoms with Crippen LogP contribution in [-0.2, 0) is 27.4 Å². The van der Waals surface area contributed by atoms with Crippen LogP contribution in [0.15, 0.2) is 48.5 Å². The lowest BCUT2D eigenvalue weighted by atomic mass is 9.99. The number of carbonyl (C=O) groups is 3. The van der Waals surface area contributed by atoms with Gasteiger partial charge in [-0.15, -0.1) is 0 Å². The molecule has 2 aromatic carbocycles. The van der Waals surface area contributed by atoms with Gasteiger partial charge in [-0.25, -0.2) is 0 Å². The molecule has 4 aliphatic heterocycles. The number of benzene rings is 2. The van der Waals surface area contributed by atoms with E-state index in [1.54, 1.807) is 11.0 Å². The van der Waals surface area contributed by atoms with Crippen LogP contribution in [0.1, 0.15) is 65.6 Å². The molecule has 3 amide bonds. The van der Waals surface area contributed by atoms with Crippen LogP contribution < -0.4 is 10.1 Å². The average molecular weight is 530 g/mol. The first-order valence-electron chi connectivity index (χ1n) is 14.1. The van der Waals surface area contributed by atoms with Crippen molar-refractivity contribution in [2.75, 3.05) is 26.4 Å². The van der Waals surface area contributed by atoms with Crippen molar-refractivity contribution >= 4 is 23.3 Å². The lowest BCUT2D eigenvalue weighted by Gasteiger charge is -2.35. The van der Waals surface area contributed by atoms with Gasteiger partial charge in [0.2, 0.25) is 11.8 Å². The molecule has 0 bridgehead atoms. The Morgan fingerprint density at radius 3 is 2.67 bits per heavy atom. The van der Waals surface area contributed by atoms with Crippen LogP contribution in [0.25, 0.3) is 5.57 Å². The second-order valence-corrected chi connectivity index (χ2v) is 10.9. The summed E-state index contributed by atoms with van der Waals surface area (Å²) in [5.74, 6) is -0.0935. The molecule has 0 spiro atoms. The van der Waals surface area contributed by atoms with Gasteiger partial charge in [-0.3, -0.25) is 24.6 Å². The number of likely N-dealkylation sites (tertiary alicyclic amines) is 1. The van der Waals surface area contributed by atoms with E-state index in [0.29, 0.717) is 37.8 Å². The average Bonchev–Trinajstić information content (AvgIpc) is 3.28. The lowest BCUT2D eigenvalue weighted by molar-refractivity contribution is -0.136. The minimum absolute atomic E-state index is 0.163. The molecular formula is C31H35N3O5. The van der Waals surface area contributed by atoms with Crippen molar-refractivity contribution < 1.29 is 23.9 Å². The number of imide groups is 1. The number of piperidine rings is 2. The molecule has 1 unspecified atom stereocenters. The quantitative estimate of drug-likeness (QED) is 0.551. The van der Waals surface area contributed by atoms with Gasteiger partial charge in [0.25, 0.3) is 5.91 Å². The maximum absolute atomic E-state index is 13.0. The van der Waals surface area contributed by atoms with Gasteiger partial charge < -0.3 is 14.4 Å². The number of ether oxygens (including phenoxy) is 2. The molecule has 1 N–H and O–H groups in total. The molecule has 2 fully saturated rings. The van der Waals surface area contributed by atoms with Crippen LogP contribution in [0.2, 0.25) is 0 Å². The molecule has 0 radical (unpaired) electrons. The van der Waals surface area contributed by atoms with Crippen LogP contribution in [0.5, 0.6) is 5.75 Å². The van der Waals surface area contributed by atoms with E-state index in [2.05, 4.69) is 40.6 Å². The summed E-state index contributed by atoms with van der Waals surface area (Å²) in [5, 5.41) is 2.35. The Bertz CT molecular complexity index is 1290. The zero-order valence-electron chi connectivity index (χ0n) is 22.2. The summed E-state index contributed by atoms with van der Waals surface area (Å²) >= 11 is 0. The van der Waals surface area contributed by atoms with Crippen molar-refractivity contribution in [3.05, 3.63) is 70.8 Å². The van der Waals surface area contributed by atoms with E-state index in [0.717, 1.165) is 43.9 Å². The van der Waals surface area contributed by atoms with E-state index in [4.69, 9.17) is 9.47 Å².